The Morgan fingerprint density at radius 1 is 1.67 bits per heavy atom. The highest BCUT2D eigenvalue weighted by Crippen LogP contribution is 2.18. The summed E-state index contributed by atoms with van der Waals surface area (Å²) in [5, 5.41) is 0. The Bertz CT molecular complexity index is 161. The number of rotatable bonds is 2. The van der Waals surface area contributed by atoms with Crippen molar-refractivity contribution in [1.82, 2.24) is 4.90 Å². The van der Waals surface area contributed by atoms with Crippen molar-refractivity contribution in [2.75, 3.05) is 13.1 Å². The third kappa shape index (κ3) is 2.35. The normalized spacial score (nSPS) is 23.2. The zero-order chi connectivity index (χ0) is 8.43. The first kappa shape index (κ1) is 11.7. The van der Waals surface area contributed by atoms with E-state index in [1.54, 1.807) is 0 Å². The topological polar surface area (TPSA) is 46.3 Å². The molecule has 1 aliphatic heterocycles. The van der Waals surface area contributed by atoms with E-state index in [4.69, 9.17) is 5.73 Å². The highest BCUT2D eigenvalue weighted by atomic mass is 35.5. The summed E-state index contributed by atoms with van der Waals surface area (Å²) in [5.74, 6) is 0.653. The van der Waals surface area contributed by atoms with Crippen molar-refractivity contribution < 1.29 is 4.79 Å². The highest BCUT2D eigenvalue weighted by Gasteiger charge is 2.29. The SMILES string of the molecule is CC(C)N1CC(CN)CC1=O.Cl. The number of halogens is 1. The molecule has 0 aromatic heterocycles. The lowest BCUT2D eigenvalue weighted by Gasteiger charge is -2.20. The average molecular weight is 193 g/mol. The number of nitrogens with two attached hydrogens (primary N) is 1. The molecule has 0 aromatic carbocycles. The third-order valence-electron chi connectivity index (χ3n) is 2.20. The fraction of sp³-hybridized carbons (Fsp3) is 0.875. The van der Waals surface area contributed by atoms with Gasteiger partial charge in [0.25, 0.3) is 0 Å². The van der Waals surface area contributed by atoms with Gasteiger partial charge in [-0.25, -0.2) is 0 Å². The Labute approximate surface area is 79.7 Å². The maximum Gasteiger partial charge on any atom is 0.223 e. The number of hydrogen-bond acceptors (Lipinski definition) is 2. The smallest absolute Gasteiger partial charge is 0.223 e. The monoisotopic (exact) mass is 192 g/mol. The van der Waals surface area contributed by atoms with Crippen LogP contribution in [0.1, 0.15) is 20.3 Å². The van der Waals surface area contributed by atoms with E-state index < -0.39 is 0 Å². The number of carbonyl (C=O) groups is 1. The number of hydrogen-bond donors (Lipinski definition) is 1. The molecule has 1 atom stereocenters. The Morgan fingerprint density at radius 2 is 2.25 bits per heavy atom. The van der Waals surface area contributed by atoms with Crippen molar-refractivity contribution in [2.45, 2.75) is 26.3 Å². The Kier molecular flexibility index (Phi) is 4.57. The van der Waals surface area contributed by atoms with E-state index in [9.17, 15) is 4.79 Å². The molecule has 0 aromatic rings. The Balaban J connectivity index is 0.00000121. The van der Waals surface area contributed by atoms with Gasteiger partial charge in [-0.3, -0.25) is 4.79 Å². The van der Waals surface area contributed by atoms with E-state index in [0.29, 0.717) is 24.9 Å². The van der Waals surface area contributed by atoms with Crippen LogP contribution < -0.4 is 5.73 Å². The quantitative estimate of drug-likeness (QED) is 0.698. The van der Waals surface area contributed by atoms with Gasteiger partial charge in [0.1, 0.15) is 0 Å². The summed E-state index contributed by atoms with van der Waals surface area (Å²) in [7, 11) is 0. The summed E-state index contributed by atoms with van der Waals surface area (Å²) in [4.78, 5) is 13.2. The van der Waals surface area contributed by atoms with Gasteiger partial charge < -0.3 is 10.6 Å². The van der Waals surface area contributed by atoms with Gasteiger partial charge in [0.2, 0.25) is 5.91 Å². The predicted molar refractivity (Wildman–Crippen MR) is 51.3 cm³/mol. The molecule has 1 amide bonds. The number of amides is 1. The van der Waals surface area contributed by atoms with Crippen LogP contribution >= 0.6 is 12.4 Å². The van der Waals surface area contributed by atoms with Crippen LogP contribution in [0.25, 0.3) is 0 Å². The summed E-state index contributed by atoms with van der Waals surface area (Å²) < 4.78 is 0. The second-order valence-corrected chi connectivity index (χ2v) is 3.45. The molecule has 1 fully saturated rings. The molecular weight excluding hydrogens is 176 g/mol. The van der Waals surface area contributed by atoms with Crippen molar-refractivity contribution in [3.63, 3.8) is 0 Å². The van der Waals surface area contributed by atoms with Crippen LogP contribution in [0.3, 0.4) is 0 Å². The molecule has 0 saturated carbocycles. The van der Waals surface area contributed by atoms with E-state index in [2.05, 4.69) is 0 Å². The van der Waals surface area contributed by atoms with Gasteiger partial charge in [0.05, 0.1) is 0 Å². The second kappa shape index (κ2) is 4.67. The van der Waals surface area contributed by atoms with Crippen LogP contribution in [0, 0.1) is 5.92 Å². The molecule has 0 radical (unpaired) electrons. The number of nitrogens with zero attached hydrogens (tertiary/aromatic N) is 1. The molecule has 1 aliphatic rings. The van der Waals surface area contributed by atoms with E-state index in [1.165, 1.54) is 0 Å². The van der Waals surface area contributed by atoms with E-state index >= 15 is 0 Å². The molecule has 4 heteroatoms. The lowest BCUT2D eigenvalue weighted by molar-refractivity contribution is -0.129. The van der Waals surface area contributed by atoms with Crippen molar-refractivity contribution in [3.8, 4) is 0 Å². The molecule has 0 spiro atoms. The largest absolute Gasteiger partial charge is 0.340 e. The van der Waals surface area contributed by atoms with Gasteiger partial charge in [0, 0.05) is 19.0 Å². The molecule has 1 heterocycles. The standard InChI is InChI=1S/C8H16N2O.ClH/c1-6(2)10-5-7(4-9)3-8(10)11;/h6-7H,3-5,9H2,1-2H3;1H. The minimum Gasteiger partial charge on any atom is -0.340 e. The Hall–Kier alpha value is -0.280. The van der Waals surface area contributed by atoms with E-state index in [1.807, 2.05) is 18.7 Å². The maximum atomic E-state index is 11.3. The maximum absolute atomic E-state index is 11.3. The van der Waals surface area contributed by atoms with Crippen molar-refractivity contribution in [2.24, 2.45) is 11.7 Å². The van der Waals surface area contributed by atoms with E-state index in [-0.39, 0.29) is 18.3 Å². The molecule has 1 rings (SSSR count). The molecule has 3 nitrogen and oxygen atoms in total. The van der Waals surface area contributed by atoms with Gasteiger partial charge in [-0.1, -0.05) is 0 Å². The number of likely N-dealkylation sites (tertiary alicyclic amines) is 1. The van der Waals surface area contributed by atoms with Gasteiger partial charge >= 0.3 is 0 Å². The van der Waals surface area contributed by atoms with Gasteiger partial charge in [0.15, 0.2) is 0 Å². The number of carbonyl (C=O) groups excluding carboxylic acids is 1. The zero-order valence-corrected chi connectivity index (χ0v) is 8.43. The molecule has 1 saturated heterocycles. The van der Waals surface area contributed by atoms with Gasteiger partial charge in [-0.2, -0.15) is 0 Å². The fourth-order valence-corrected chi connectivity index (χ4v) is 1.47. The predicted octanol–water partition coefficient (Wildman–Crippen LogP) is 0.624. The first-order valence-electron chi connectivity index (χ1n) is 4.14. The average Bonchev–Trinajstić information content (AvgIpc) is 2.30. The first-order valence-corrected chi connectivity index (χ1v) is 4.14. The summed E-state index contributed by atoms with van der Waals surface area (Å²) in [6.45, 7) is 5.57. The Morgan fingerprint density at radius 3 is 2.50 bits per heavy atom. The lowest BCUT2D eigenvalue weighted by Crippen LogP contribution is -2.32. The van der Waals surface area contributed by atoms with Gasteiger partial charge in [-0.15, -0.1) is 12.4 Å². The third-order valence-corrected chi connectivity index (χ3v) is 2.20. The van der Waals surface area contributed by atoms with Crippen LogP contribution in [0.15, 0.2) is 0 Å². The van der Waals surface area contributed by atoms with Crippen LogP contribution in [-0.2, 0) is 4.79 Å². The van der Waals surface area contributed by atoms with Crippen molar-refractivity contribution in [3.05, 3.63) is 0 Å². The minimum absolute atomic E-state index is 0. The summed E-state index contributed by atoms with van der Waals surface area (Å²) in [5.41, 5.74) is 5.48. The second-order valence-electron chi connectivity index (χ2n) is 3.45. The minimum atomic E-state index is 0. The molecule has 0 bridgehead atoms. The molecule has 12 heavy (non-hydrogen) atoms. The van der Waals surface area contributed by atoms with Crippen LogP contribution in [0.4, 0.5) is 0 Å². The van der Waals surface area contributed by atoms with Crippen molar-refractivity contribution >= 4 is 18.3 Å². The molecule has 1 unspecified atom stereocenters. The van der Waals surface area contributed by atoms with Gasteiger partial charge in [-0.05, 0) is 26.3 Å². The molecule has 72 valence electrons. The van der Waals surface area contributed by atoms with E-state index in [0.717, 1.165) is 6.54 Å². The van der Waals surface area contributed by atoms with Crippen molar-refractivity contribution in [1.29, 1.82) is 0 Å². The summed E-state index contributed by atoms with van der Waals surface area (Å²) in [6, 6.07) is 0.332. The summed E-state index contributed by atoms with van der Waals surface area (Å²) in [6.07, 6.45) is 0.648. The fourth-order valence-electron chi connectivity index (χ4n) is 1.47. The molecule has 2 N–H and O–H groups in total. The molecule has 0 aliphatic carbocycles. The zero-order valence-electron chi connectivity index (χ0n) is 7.62. The lowest BCUT2D eigenvalue weighted by atomic mass is 10.1. The van der Waals surface area contributed by atoms with Crippen LogP contribution in [0.2, 0.25) is 0 Å². The highest BCUT2D eigenvalue weighted by molar-refractivity contribution is 5.85. The van der Waals surface area contributed by atoms with Crippen LogP contribution in [-0.4, -0.2) is 29.9 Å². The van der Waals surface area contributed by atoms with Crippen LogP contribution in [0.5, 0.6) is 0 Å². The first-order chi connectivity index (χ1) is 5.15. The molecular formula is C8H17ClN2O. The summed E-state index contributed by atoms with van der Waals surface area (Å²) >= 11 is 0.